The van der Waals surface area contributed by atoms with Crippen molar-refractivity contribution in [2.75, 3.05) is 11.9 Å². The van der Waals surface area contributed by atoms with Crippen LogP contribution in [0.2, 0.25) is 0 Å². The molecule has 0 saturated carbocycles. The van der Waals surface area contributed by atoms with E-state index in [-0.39, 0.29) is 29.8 Å². The molecule has 1 amide bonds. The first-order valence-electron chi connectivity index (χ1n) is 9.55. The number of nitro groups is 1. The average molecular weight is 414 g/mol. The molecule has 8 nitrogen and oxygen atoms in total. The highest BCUT2D eigenvalue weighted by Gasteiger charge is 2.21. The Morgan fingerprint density at radius 1 is 1.10 bits per heavy atom. The van der Waals surface area contributed by atoms with Gasteiger partial charge in [0.05, 0.1) is 18.0 Å². The number of nitrogens with zero attached hydrogens (tertiary/aromatic N) is 1. The van der Waals surface area contributed by atoms with Gasteiger partial charge in [0.25, 0.3) is 11.6 Å². The average Bonchev–Trinajstić information content (AvgIpc) is 2.67. The predicted molar refractivity (Wildman–Crippen MR) is 113 cm³/mol. The number of nitrogens with one attached hydrogen (secondary N) is 1. The van der Waals surface area contributed by atoms with Crippen LogP contribution in [0.5, 0.6) is 5.75 Å². The number of hydrogen-bond donors (Lipinski definition) is 1. The van der Waals surface area contributed by atoms with E-state index >= 15 is 0 Å². The number of hydrogen-bond acceptors (Lipinski definition) is 6. The Balaban J connectivity index is 1.80. The molecule has 2 aromatic rings. The van der Waals surface area contributed by atoms with Crippen molar-refractivity contribution in [2.45, 2.75) is 45.6 Å². The molecule has 0 heterocycles. The number of rotatable bonds is 8. The molecule has 0 bridgehead atoms. The Morgan fingerprint density at radius 3 is 2.33 bits per heavy atom. The van der Waals surface area contributed by atoms with Gasteiger partial charge in [-0.25, -0.2) is 0 Å². The molecule has 0 fully saturated rings. The predicted octanol–water partition coefficient (Wildman–Crippen LogP) is 4.23. The van der Waals surface area contributed by atoms with Crippen LogP contribution < -0.4 is 10.1 Å². The zero-order valence-electron chi connectivity index (χ0n) is 17.5. The lowest BCUT2D eigenvalue weighted by Crippen LogP contribution is -2.30. The van der Waals surface area contributed by atoms with E-state index in [1.54, 1.807) is 6.07 Å². The summed E-state index contributed by atoms with van der Waals surface area (Å²) in [6.07, 6.45) is -1.15. The third kappa shape index (κ3) is 6.58. The van der Waals surface area contributed by atoms with Crippen LogP contribution in [-0.2, 0) is 19.7 Å². The Morgan fingerprint density at radius 2 is 1.73 bits per heavy atom. The van der Waals surface area contributed by atoms with Crippen LogP contribution in [0.1, 0.15) is 39.7 Å². The fraction of sp³-hybridized carbons (Fsp3) is 0.364. The van der Waals surface area contributed by atoms with Gasteiger partial charge in [0.1, 0.15) is 11.4 Å². The minimum atomic E-state index is -1.11. The summed E-state index contributed by atoms with van der Waals surface area (Å²) in [6, 6.07) is 13.4. The maximum Gasteiger partial charge on any atom is 0.310 e. The quantitative estimate of drug-likeness (QED) is 0.393. The zero-order chi connectivity index (χ0) is 22.3. The second-order valence-corrected chi connectivity index (χ2v) is 7.77. The lowest BCUT2D eigenvalue weighted by Gasteiger charge is -2.19. The van der Waals surface area contributed by atoms with Gasteiger partial charge < -0.3 is 14.8 Å². The van der Waals surface area contributed by atoms with Gasteiger partial charge in [0.15, 0.2) is 6.10 Å². The number of benzene rings is 2. The molecule has 0 aliphatic heterocycles. The summed E-state index contributed by atoms with van der Waals surface area (Å²) in [4.78, 5) is 34.6. The van der Waals surface area contributed by atoms with Crippen molar-refractivity contribution in [3.8, 4) is 5.75 Å². The monoisotopic (exact) mass is 414 g/mol. The third-order valence-corrected chi connectivity index (χ3v) is 4.33. The van der Waals surface area contributed by atoms with E-state index in [4.69, 9.17) is 9.47 Å². The van der Waals surface area contributed by atoms with E-state index in [0.717, 1.165) is 0 Å². The van der Waals surface area contributed by atoms with E-state index in [1.807, 2.05) is 24.3 Å². The number of anilines is 1. The van der Waals surface area contributed by atoms with E-state index < -0.39 is 22.9 Å². The molecule has 160 valence electrons. The first-order chi connectivity index (χ1) is 14.1. The van der Waals surface area contributed by atoms with Gasteiger partial charge in [-0.1, -0.05) is 45.0 Å². The lowest BCUT2D eigenvalue weighted by molar-refractivity contribution is -0.383. The summed E-state index contributed by atoms with van der Waals surface area (Å²) in [5.41, 5.74) is 1.01. The maximum atomic E-state index is 12.2. The number of para-hydroxylation sites is 2. The molecule has 1 atom stereocenters. The highest BCUT2D eigenvalue weighted by molar-refractivity contribution is 5.96. The minimum Gasteiger partial charge on any atom is -0.493 e. The summed E-state index contributed by atoms with van der Waals surface area (Å²) in [7, 11) is 0. The molecule has 1 N–H and O–H groups in total. The standard InChI is InChI=1S/C22H26N2O6/c1-15(21(26)23-18-7-5-6-8-19(18)24(27)28)30-20(25)13-14-29-17-11-9-16(10-12-17)22(2,3)4/h5-12,15H,13-14H2,1-4H3,(H,23,26)/t15-/m0/s1. The number of nitro benzene ring substituents is 1. The Bertz CT molecular complexity index is 903. The van der Waals surface area contributed by atoms with E-state index in [9.17, 15) is 19.7 Å². The molecule has 0 unspecified atom stereocenters. The van der Waals surface area contributed by atoms with Gasteiger partial charge in [0.2, 0.25) is 0 Å². The molecule has 0 radical (unpaired) electrons. The smallest absolute Gasteiger partial charge is 0.310 e. The third-order valence-electron chi connectivity index (χ3n) is 4.33. The number of esters is 1. The lowest BCUT2D eigenvalue weighted by atomic mass is 9.87. The Labute approximate surface area is 175 Å². The van der Waals surface area contributed by atoms with Gasteiger partial charge in [-0.3, -0.25) is 19.7 Å². The van der Waals surface area contributed by atoms with Gasteiger partial charge in [-0.2, -0.15) is 0 Å². The number of ether oxygens (including phenoxy) is 2. The first-order valence-corrected chi connectivity index (χ1v) is 9.55. The molecule has 30 heavy (non-hydrogen) atoms. The fourth-order valence-corrected chi connectivity index (χ4v) is 2.59. The van der Waals surface area contributed by atoms with Crippen LogP contribution in [0.15, 0.2) is 48.5 Å². The van der Waals surface area contributed by atoms with Gasteiger partial charge >= 0.3 is 5.97 Å². The minimum absolute atomic E-state index is 0.0376. The van der Waals surface area contributed by atoms with Crippen LogP contribution in [0.4, 0.5) is 11.4 Å². The Hall–Kier alpha value is -3.42. The Kier molecular flexibility index (Phi) is 7.52. The van der Waals surface area contributed by atoms with E-state index in [0.29, 0.717) is 5.75 Å². The van der Waals surface area contributed by atoms with Crippen LogP contribution >= 0.6 is 0 Å². The molecule has 0 spiro atoms. The van der Waals surface area contributed by atoms with Gasteiger partial charge in [-0.15, -0.1) is 0 Å². The van der Waals surface area contributed by atoms with Crippen LogP contribution in [0.25, 0.3) is 0 Å². The van der Waals surface area contributed by atoms with E-state index in [1.165, 1.54) is 30.7 Å². The molecule has 8 heteroatoms. The van der Waals surface area contributed by atoms with Crippen LogP contribution in [0, 0.1) is 10.1 Å². The summed E-state index contributed by atoms with van der Waals surface area (Å²) in [5, 5.41) is 13.4. The summed E-state index contributed by atoms with van der Waals surface area (Å²) in [6.45, 7) is 7.85. The second-order valence-electron chi connectivity index (χ2n) is 7.77. The van der Waals surface area contributed by atoms with Crippen molar-refractivity contribution in [3.05, 3.63) is 64.2 Å². The van der Waals surface area contributed by atoms with Crippen molar-refractivity contribution in [3.63, 3.8) is 0 Å². The largest absolute Gasteiger partial charge is 0.493 e. The van der Waals surface area contributed by atoms with Crippen molar-refractivity contribution >= 4 is 23.3 Å². The fourth-order valence-electron chi connectivity index (χ4n) is 2.59. The SMILES string of the molecule is C[C@H](OC(=O)CCOc1ccc(C(C)(C)C)cc1)C(=O)Nc1ccccc1[N+](=O)[O-]. The zero-order valence-corrected chi connectivity index (χ0v) is 17.5. The number of carbonyl (C=O) groups is 2. The summed E-state index contributed by atoms with van der Waals surface area (Å²) < 4.78 is 10.6. The highest BCUT2D eigenvalue weighted by Crippen LogP contribution is 2.25. The molecule has 2 rings (SSSR count). The number of carbonyl (C=O) groups excluding carboxylic acids is 2. The highest BCUT2D eigenvalue weighted by atomic mass is 16.6. The van der Waals surface area contributed by atoms with Crippen molar-refractivity contribution in [1.82, 2.24) is 0 Å². The van der Waals surface area contributed by atoms with Crippen LogP contribution in [0.3, 0.4) is 0 Å². The van der Waals surface area contributed by atoms with Crippen molar-refractivity contribution in [1.29, 1.82) is 0 Å². The molecular formula is C22H26N2O6. The van der Waals surface area contributed by atoms with Crippen LogP contribution in [-0.4, -0.2) is 29.5 Å². The molecule has 0 saturated heterocycles. The van der Waals surface area contributed by atoms with Crippen molar-refractivity contribution in [2.24, 2.45) is 0 Å². The van der Waals surface area contributed by atoms with Gasteiger partial charge in [0, 0.05) is 6.07 Å². The normalized spacial score (nSPS) is 12.0. The van der Waals surface area contributed by atoms with Crippen molar-refractivity contribution < 1.29 is 24.0 Å². The maximum absolute atomic E-state index is 12.2. The molecule has 2 aromatic carbocycles. The topological polar surface area (TPSA) is 108 Å². The second kappa shape index (κ2) is 9.87. The molecule has 0 aliphatic carbocycles. The molecular weight excluding hydrogens is 388 g/mol. The summed E-state index contributed by atoms with van der Waals surface area (Å²) >= 11 is 0. The summed E-state index contributed by atoms with van der Waals surface area (Å²) in [5.74, 6) is -0.624. The first kappa shape index (κ1) is 22.9. The molecule has 0 aromatic heterocycles. The number of amides is 1. The van der Waals surface area contributed by atoms with E-state index in [2.05, 4.69) is 26.1 Å². The molecule has 0 aliphatic rings. The van der Waals surface area contributed by atoms with Gasteiger partial charge in [-0.05, 0) is 36.1 Å².